The van der Waals surface area contributed by atoms with Gasteiger partial charge < -0.3 is 0 Å². The molecule has 28 heavy (non-hydrogen) atoms. The van der Waals surface area contributed by atoms with Crippen LogP contribution in [-0.2, 0) is 0 Å². The van der Waals surface area contributed by atoms with Gasteiger partial charge in [0, 0.05) is 0 Å². The number of hydrogen-bond acceptors (Lipinski definition) is 0. The first-order chi connectivity index (χ1) is 13.9. The SMILES string of the molecule is C1CCC(CCC2CCC(C3CCC(CCC4CCCCC4)CC3)CC2)CC1. The van der Waals surface area contributed by atoms with E-state index in [4.69, 9.17) is 0 Å². The summed E-state index contributed by atoms with van der Waals surface area (Å²) in [4.78, 5) is 0. The highest BCUT2D eigenvalue weighted by atomic mass is 14.4. The summed E-state index contributed by atoms with van der Waals surface area (Å²) >= 11 is 0. The van der Waals surface area contributed by atoms with E-state index in [-0.39, 0.29) is 0 Å². The van der Waals surface area contributed by atoms with Gasteiger partial charge in [0.05, 0.1) is 0 Å². The Morgan fingerprint density at radius 3 is 0.893 bits per heavy atom. The highest BCUT2D eigenvalue weighted by molar-refractivity contribution is 4.83. The third-order valence-electron chi connectivity index (χ3n) is 9.87. The van der Waals surface area contributed by atoms with Gasteiger partial charge in [-0.15, -0.1) is 0 Å². The molecular weight excluding hydrogens is 336 g/mol. The van der Waals surface area contributed by atoms with Crippen molar-refractivity contribution >= 4 is 0 Å². The number of hydrogen-bond donors (Lipinski definition) is 0. The molecule has 4 aliphatic carbocycles. The number of rotatable bonds is 7. The van der Waals surface area contributed by atoms with Crippen LogP contribution in [-0.4, -0.2) is 0 Å². The lowest BCUT2D eigenvalue weighted by atomic mass is 9.67. The Labute approximate surface area is 177 Å². The molecule has 4 aliphatic rings. The van der Waals surface area contributed by atoms with Crippen LogP contribution in [0, 0.1) is 35.5 Å². The molecule has 0 radical (unpaired) electrons. The van der Waals surface area contributed by atoms with Crippen LogP contribution < -0.4 is 0 Å². The van der Waals surface area contributed by atoms with Crippen LogP contribution in [0.4, 0.5) is 0 Å². The molecule has 0 heterocycles. The molecule has 0 atom stereocenters. The fraction of sp³-hybridized carbons (Fsp3) is 1.00. The minimum Gasteiger partial charge on any atom is -0.0533 e. The van der Waals surface area contributed by atoms with E-state index >= 15 is 0 Å². The zero-order valence-electron chi connectivity index (χ0n) is 19.0. The van der Waals surface area contributed by atoms with Crippen molar-refractivity contribution in [2.75, 3.05) is 0 Å². The fourth-order valence-corrected chi connectivity index (χ4v) is 7.79. The maximum Gasteiger partial charge on any atom is -0.0386 e. The molecule has 0 aromatic rings. The zero-order valence-corrected chi connectivity index (χ0v) is 19.0. The smallest absolute Gasteiger partial charge is 0.0386 e. The van der Waals surface area contributed by atoms with Gasteiger partial charge >= 0.3 is 0 Å². The van der Waals surface area contributed by atoms with Gasteiger partial charge in [0.25, 0.3) is 0 Å². The zero-order chi connectivity index (χ0) is 19.0. The molecule has 0 bridgehead atoms. The Bertz CT molecular complexity index is 358. The summed E-state index contributed by atoms with van der Waals surface area (Å²) < 4.78 is 0. The first-order valence-electron chi connectivity index (χ1n) is 13.9. The molecule has 0 saturated heterocycles. The first-order valence-corrected chi connectivity index (χ1v) is 13.9. The lowest BCUT2D eigenvalue weighted by Crippen LogP contribution is -2.26. The van der Waals surface area contributed by atoms with Gasteiger partial charge in [-0.05, 0) is 61.2 Å². The normalized spacial score (nSPS) is 36.4. The molecule has 0 amide bonds. The van der Waals surface area contributed by atoms with Crippen LogP contribution in [0.3, 0.4) is 0 Å². The molecule has 0 heteroatoms. The maximum atomic E-state index is 1.59. The minimum absolute atomic E-state index is 1.10. The summed E-state index contributed by atoms with van der Waals surface area (Å²) in [5.74, 6) is 6.65. The topological polar surface area (TPSA) is 0 Å². The van der Waals surface area contributed by atoms with Gasteiger partial charge in [0.2, 0.25) is 0 Å². The van der Waals surface area contributed by atoms with E-state index in [1.165, 1.54) is 38.5 Å². The summed E-state index contributed by atoms with van der Waals surface area (Å²) in [6.07, 6.45) is 34.4. The largest absolute Gasteiger partial charge is 0.0533 e. The lowest BCUT2D eigenvalue weighted by molar-refractivity contribution is 0.134. The Balaban J connectivity index is 1.08. The van der Waals surface area contributed by atoms with Gasteiger partial charge in [0.1, 0.15) is 0 Å². The highest BCUT2D eigenvalue weighted by Gasteiger charge is 2.31. The summed E-state index contributed by atoms with van der Waals surface area (Å²) in [5.41, 5.74) is 0. The van der Waals surface area contributed by atoms with E-state index in [1.54, 1.807) is 103 Å². The molecule has 4 rings (SSSR count). The van der Waals surface area contributed by atoms with Crippen molar-refractivity contribution in [2.24, 2.45) is 35.5 Å². The Morgan fingerprint density at radius 2 is 0.571 bits per heavy atom. The van der Waals surface area contributed by atoms with Crippen LogP contribution in [0.2, 0.25) is 0 Å². The second kappa shape index (κ2) is 11.4. The summed E-state index contributed by atoms with van der Waals surface area (Å²) in [6, 6.07) is 0. The monoisotopic (exact) mass is 386 g/mol. The maximum absolute atomic E-state index is 1.59. The summed E-state index contributed by atoms with van der Waals surface area (Å²) in [7, 11) is 0. The van der Waals surface area contributed by atoms with E-state index in [1.807, 2.05) is 0 Å². The van der Waals surface area contributed by atoms with Crippen LogP contribution >= 0.6 is 0 Å². The van der Waals surface area contributed by atoms with Gasteiger partial charge in [-0.2, -0.15) is 0 Å². The van der Waals surface area contributed by atoms with Crippen LogP contribution in [0.15, 0.2) is 0 Å². The first kappa shape index (κ1) is 21.2. The average molecular weight is 387 g/mol. The molecule has 4 saturated carbocycles. The Hall–Kier alpha value is 0. The fourth-order valence-electron chi connectivity index (χ4n) is 7.79. The lowest BCUT2D eigenvalue weighted by Gasteiger charge is -2.38. The molecule has 0 aliphatic heterocycles. The van der Waals surface area contributed by atoms with Crippen LogP contribution in [0.25, 0.3) is 0 Å². The molecule has 0 spiro atoms. The van der Waals surface area contributed by atoms with Gasteiger partial charge in [-0.25, -0.2) is 0 Å². The Kier molecular flexibility index (Phi) is 8.65. The molecule has 0 aromatic carbocycles. The molecule has 0 unspecified atom stereocenters. The van der Waals surface area contributed by atoms with Gasteiger partial charge in [-0.3, -0.25) is 0 Å². The van der Waals surface area contributed by atoms with Crippen molar-refractivity contribution in [3.63, 3.8) is 0 Å². The van der Waals surface area contributed by atoms with Crippen molar-refractivity contribution in [1.82, 2.24) is 0 Å². The van der Waals surface area contributed by atoms with Crippen molar-refractivity contribution in [1.29, 1.82) is 0 Å². The van der Waals surface area contributed by atoms with Crippen LogP contribution in [0.1, 0.15) is 141 Å². The summed E-state index contributed by atoms with van der Waals surface area (Å²) in [5, 5.41) is 0. The quantitative estimate of drug-likeness (QED) is 0.409. The van der Waals surface area contributed by atoms with Crippen molar-refractivity contribution < 1.29 is 0 Å². The molecule has 0 nitrogen and oxygen atoms in total. The molecule has 4 fully saturated rings. The predicted octanol–water partition coefficient (Wildman–Crippen LogP) is 9.32. The second-order valence-corrected chi connectivity index (χ2v) is 11.7. The molecule has 0 N–H and O–H groups in total. The van der Waals surface area contributed by atoms with E-state index in [0.717, 1.165) is 35.5 Å². The van der Waals surface area contributed by atoms with Gasteiger partial charge in [0.15, 0.2) is 0 Å². The second-order valence-electron chi connectivity index (χ2n) is 11.7. The molecule has 162 valence electrons. The summed E-state index contributed by atoms with van der Waals surface area (Å²) in [6.45, 7) is 0. The van der Waals surface area contributed by atoms with Crippen molar-refractivity contribution in [3.8, 4) is 0 Å². The average Bonchev–Trinajstić information content (AvgIpc) is 2.78. The van der Waals surface area contributed by atoms with E-state index in [9.17, 15) is 0 Å². The molecular formula is C28H50. The third-order valence-corrected chi connectivity index (χ3v) is 9.87. The third kappa shape index (κ3) is 6.50. The Morgan fingerprint density at radius 1 is 0.286 bits per heavy atom. The predicted molar refractivity (Wildman–Crippen MR) is 123 cm³/mol. The van der Waals surface area contributed by atoms with E-state index in [2.05, 4.69) is 0 Å². The minimum atomic E-state index is 1.10. The van der Waals surface area contributed by atoms with E-state index in [0.29, 0.717) is 0 Å². The van der Waals surface area contributed by atoms with E-state index < -0.39 is 0 Å². The van der Waals surface area contributed by atoms with Crippen molar-refractivity contribution in [3.05, 3.63) is 0 Å². The standard InChI is InChI=1S/C28H50/c1-3-7-23(8-4-1)11-13-25-15-19-27(20-16-25)28-21-17-26(18-22-28)14-12-24-9-5-2-6-10-24/h23-28H,1-22H2. The van der Waals surface area contributed by atoms with Crippen molar-refractivity contribution in [2.45, 2.75) is 141 Å². The van der Waals surface area contributed by atoms with Gasteiger partial charge in [-0.1, -0.05) is 116 Å². The van der Waals surface area contributed by atoms with Crippen LogP contribution in [0.5, 0.6) is 0 Å². The molecule has 0 aromatic heterocycles. The highest BCUT2D eigenvalue weighted by Crippen LogP contribution is 2.44.